The number of nitrogens with one attached hydrogen (secondary N) is 1. The molecule has 1 fully saturated rings. The number of carbonyl (C=O) groups is 1. The molecule has 10 heteroatoms. The van der Waals surface area contributed by atoms with Crippen LogP contribution in [0.1, 0.15) is 17.4 Å². The summed E-state index contributed by atoms with van der Waals surface area (Å²) in [6.07, 6.45) is 1.13. The summed E-state index contributed by atoms with van der Waals surface area (Å²) in [6.45, 7) is 4.48. The maximum absolute atomic E-state index is 12.2. The Morgan fingerprint density at radius 3 is 2.59 bits per heavy atom. The molecule has 0 aliphatic carbocycles. The van der Waals surface area contributed by atoms with E-state index >= 15 is 0 Å². The van der Waals surface area contributed by atoms with Gasteiger partial charge < -0.3 is 4.90 Å². The van der Waals surface area contributed by atoms with E-state index < -0.39 is 15.7 Å². The van der Waals surface area contributed by atoms with Gasteiger partial charge in [0.15, 0.2) is 5.69 Å². The van der Waals surface area contributed by atoms with Crippen LogP contribution in [0.2, 0.25) is 5.02 Å². The highest BCUT2D eigenvalue weighted by Crippen LogP contribution is 2.15. The van der Waals surface area contributed by atoms with Crippen LogP contribution in [0.4, 0.5) is 0 Å². The first-order chi connectivity index (χ1) is 10.3. The van der Waals surface area contributed by atoms with Crippen LogP contribution in [0.15, 0.2) is 11.4 Å². The van der Waals surface area contributed by atoms with Crippen molar-refractivity contribution in [3.05, 3.63) is 16.9 Å². The summed E-state index contributed by atoms with van der Waals surface area (Å²) < 4.78 is 23.6. The highest BCUT2D eigenvalue weighted by molar-refractivity contribution is 7.91. The van der Waals surface area contributed by atoms with Crippen molar-refractivity contribution in [2.24, 2.45) is 0 Å². The molecule has 0 bridgehead atoms. The van der Waals surface area contributed by atoms with E-state index in [9.17, 15) is 13.2 Å². The molecule has 1 N–H and O–H groups in total. The standard InChI is InChI=1S/C12H18ClN5O3S/c1-3-22(20,21)12-14-8-9(13)10(15-12)11(19)16-18-6-4-17(2)5-7-18/h8H,3-7H2,1-2H3,(H,16,19). The Balaban J connectivity index is 2.17. The molecule has 0 radical (unpaired) electrons. The van der Waals surface area contributed by atoms with Gasteiger partial charge in [0.25, 0.3) is 5.91 Å². The number of nitrogens with zero attached hydrogens (tertiary/aromatic N) is 4. The minimum absolute atomic E-state index is 0.0154. The van der Waals surface area contributed by atoms with E-state index in [0.29, 0.717) is 13.1 Å². The first-order valence-corrected chi connectivity index (χ1v) is 8.86. The lowest BCUT2D eigenvalue weighted by Gasteiger charge is -2.32. The molecule has 0 unspecified atom stereocenters. The molecule has 2 heterocycles. The fourth-order valence-electron chi connectivity index (χ4n) is 1.90. The molecule has 0 atom stereocenters. The molecule has 0 saturated carbocycles. The summed E-state index contributed by atoms with van der Waals surface area (Å²) >= 11 is 5.92. The molecule has 1 aromatic heterocycles. The van der Waals surface area contributed by atoms with Crippen LogP contribution >= 0.6 is 11.6 Å². The van der Waals surface area contributed by atoms with Gasteiger partial charge in [0.05, 0.1) is 17.0 Å². The molecule has 1 saturated heterocycles. The number of carbonyl (C=O) groups excluding carboxylic acids is 1. The van der Waals surface area contributed by atoms with Gasteiger partial charge in [0.2, 0.25) is 15.0 Å². The Morgan fingerprint density at radius 2 is 2.00 bits per heavy atom. The normalized spacial score (nSPS) is 17.4. The van der Waals surface area contributed by atoms with Gasteiger partial charge in [-0.3, -0.25) is 10.2 Å². The van der Waals surface area contributed by atoms with Crippen LogP contribution in [0.25, 0.3) is 0 Å². The van der Waals surface area contributed by atoms with E-state index in [2.05, 4.69) is 20.3 Å². The average Bonchev–Trinajstić information content (AvgIpc) is 2.49. The Labute approximate surface area is 134 Å². The lowest BCUT2D eigenvalue weighted by molar-refractivity contribution is 0.0657. The second-order valence-electron chi connectivity index (χ2n) is 4.98. The number of hydrogen-bond acceptors (Lipinski definition) is 7. The second-order valence-corrected chi connectivity index (χ2v) is 7.56. The summed E-state index contributed by atoms with van der Waals surface area (Å²) in [7, 11) is -1.59. The fourth-order valence-corrected chi connectivity index (χ4v) is 2.78. The van der Waals surface area contributed by atoms with Gasteiger partial charge in [-0.1, -0.05) is 18.5 Å². The third kappa shape index (κ3) is 3.92. The van der Waals surface area contributed by atoms with Gasteiger partial charge in [0.1, 0.15) is 0 Å². The summed E-state index contributed by atoms with van der Waals surface area (Å²) in [5.74, 6) is -0.682. The number of sulfone groups is 1. The summed E-state index contributed by atoms with van der Waals surface area (Å²) in [5, 5.41) is 1.39. The molecule has 1 aromatic rings. The maximum Gasteiger partial charge on any atom is 0.285 e. The predicted molar refractivity (Wildman–Crippen MR) is 81.3 cm³/mol. The van der Waals surface area contributed by atoms with Crippen molar-refractivity contribution in [1.82, 2.24) is 25.3 Å². The molecule has 1 aliphatic rings. The zero-order valence-corrected chi connectivity index (χ0v) is 14.0. The Kier molecular flexibility index (Phi) is 5.32. The minimum atomic E-state index is -3.59. The zero-order chi connectivity index (χ0) is 16.3. The van der Waals surface area contributed by atoms with E-state index in [-0.39, 0.29) is 21.6 Å². The summed E-state index contributed by atoms with van der Waals surface area (Å²) in [6, 6.07) is 0. The number of halogens is 1. The van der Waals surface area contributed by atoms with Crippen LogP contribution in [0.5, 0.6) is 0 Å². The Bertz CT molecular complexity index is 659. The number of rotatable bonds is 4. The van der Waals surface area contributed by atoms with Gasteiger partial charge in [-0.15, -0.1) is 0 Å². The molecule has 22 heavy (non-hydrogen) atoms. The molecule has 122 valence electrons. The SMILES string of the molecule is CCS(=O)(=O)c1ncc(Cl)c(C(=O)NN2CCN(C)CC2)n1. The van der Waals surface area contributed by atoms with Gasteiger partial charge >= 0.3 is 0 Å². The number of piperazine rings is 1. The molecular weight excluding hydrogens is 330 g/mol. The van der Waals surface area contributed by atoms with Crippen LogP contribution in [0.3, 0.4) is 0 Å². The van der Waals surface area contributed by atoms with E-state index in [0.717, 1.165) is 19.3 Å². The lowest BCUT2D eigenvalue weighted by Crippen LogP contribution is -2.52. The largest absolute Gasteiger partial charge is 0.304 e. The van der Waals surface area contributed by atoms with Crippen molar-refractivity contribution in [3.8, 4) is 0 Å². The lowest BCUT2D eigenvalue weighted by atomic mass is 10.3. The van der Waals surface area contributed by atoms with Crippen molar-refractivity contribution in [1.29, 1.82) is 0 Å². The van der Waals surface area contributed by atoms with E-state index in [4.69, 9.17) is 11.6 Å². The molecule has 1 amide bonds. The molecule has 2 rings (SSSR count). The van der Waals surface area contributed by atoms with Crippen LogP contribution in [0, 0.1) is 0 Å². The molecule has 0 spiro atoms. The quantitative estimate of drug-likeness (QED) is 0.754. The smallest absolute Gasteiger partial charge is 0.285 e. The predicted octanol–water partition coefficient (Wildman–Crippen LogP) is -0.184. The molecule has 8 nitrogen and oxygen atoms in total. The number of amides is 1. The Hall–Kier alpha value is -1.29. The van der Waals surface area contributed by atoms with Crippen molar-refractivity contribution in [2.45, 2.75) is 12.1 Å². The van der Waals surface area contributed by atoms with Gasteiger partial charge in [-0.05, 0) is 7.05 Å². The van der Waals surface area contributed by atoms with Crippen molar-refractivity contribution >= 4 is 27.3 Å². The number of hydrazine groups is 1. The zero-order valence-electron chi connectivity index (χ0n) is 12.4. The fraction of sp³-hybridized carbons (Fsp3) is 0.583. The molecule has 0 aromatic carbocycles. The third-order valence-corrected chi connectivity index (χ3v) is 5.15. The highest BCUT2D eigenvalue weighted by atomic mass is 35.5. The van der Waals surface area contributed by atoms with Gasteiger partial charge in [-0.25, -0.2) is 23.4 Å². The average molecular weight is 348 g/mol. The summed E-state index contributed by atoms with van der Waals surface area (Å²) in [5.41, 5.74) is 2.55. The number of aromatic nitrogens is 2. The van der Waals surface area contributed by atoms with Gasteiger partial charge in [0, 0.05) is 26.2 Å². The van der Waals surface area contributed by atoms with E-state index in [1.54, 1.807) is 5.01 Å². The van der Waals surface area contributed by atoms with E-state index in [1.807, 2.05) is 7.05 Å². The topological polar surface area (TPSA) is 95.5 Å². The monoisotopic (exact) mass is 347 g/mol. The third-order valence-electron chi connectivity index (χ3n) is 3.36. The molecular formula is C12H18ClN5O3S. The highest BCUT2D eigenvalue weighted by Gasteiger charge is 2.23. The molecule has 1 aliphatic heterocycles. The first-order valence-electron chi connectivity index (χ1n) is 6.83. The number of hydrogen-bond donors (Lipinski definition) is 1. The van der Waals surface area contributed by atoms with Crippen molar-refractivity contribution in [3.63, 3.8) is 0 Å². The summed E-state index contributed by atoms with van der Waals surface area (Å²) in [4.78, 5) is 21.9. The van der Waals surface area contributed by atoms with Crippen molar-refractivity contribution in [2.75, 3.05) is 39.0 Å². The second kappa shape index (κ2) is 6.86. The van der Waals surface area contributed by atoms with Crippen LogP contribution in [-0.4, -0.2) is 73.2 Å². The Morgan fingerprint density at radius 1 is 1.36 bits per heavy atom. The van der Waals surface area contributed by atoms with Gasteiger partial charge in [-0.2, -0.15) is 0 Å². The maximum atomic E-state index is 12.2. The van der Waals surface area contributed by atoms with Crippen molar-refractivity contribution < 1.29 is 13.2 Å². The number of likely N-dealkylation sites (N-methyl/N-ethyl adjacent to an activating group) is 1. The van der Waals surface area contributed by atoms with Crippen LogP contribution in [-0.2, 0) is 9.84 Å². The van der Waals surface area contributed by atoms with Crippen LogP contribution < -0.4 is 5.43 Å². The minimum Gasteiger partial charge on any atom is -0.304 e. The van der Waals surface area contributed by atoms with E-state index in [1.165, 1.54) is 6.92 Å². The first kappa shape index (κ1) is 17.1.